The Morgan fingerprint density at radius 1 is 1.07 bits per heavy atom. The SMILES string of the molecule is COc1ccc(C(C(=O)NC2CCCC2)n2c(C(Cc3ccccc3)(OC)C3=COCO3)nc3cc(F)c(F)cc32)cc1. The molecule has 1 aliphatic carbocycles. The van der Waals surface area contributed by atoms with Crippen molar-refractivity contribution in [1.82, 2.24) is 14.9 Å². The molecule has 3 aromatic carbocycles. The van der Waals surface area contributed by atoms with Crippen molar-refractivity contribution < 1.29 is 32.5 Å². The van der Waals surface area contributed by atoms with Crippen LogP contribution < -0.4 is 10.1 Å². The maximum absolute atomic E-state index is 14.9. The largest absolute Gasteiger partial charge is 0.497 e. The molecule has 6 rings (SSSR count). The second kappa shape index (κ2) is 12.0. The van der Waals surface area contributed by atoms with Crippen molar-refractivity contribution >= 4 is 16.9 Å². The maximum atomic E-state index is 14.9. The summed E-state index contributed by atoms with van der Waals surface area (Å²) in [4.78, 5) is 19.2. The minimum absolute atomic E-state index is 0.00596. The number of methoxy groups -OCH3 is 2. The van der Waals surface area contributed by atoms with Crippen LogP contribution in [0.15, 0.2) is 78.8 Å². The minimum atomic E-state index is -1.43. The van der Waals surface area contributed by atoms with Gasteiger partial charge in [-0.15, -0.1) is 0 Å². The van der Waals surface area contributed by atoms with Crippen LogP contribution in [0, 0.1) is 11.6 Å². The van der Waals surface area contributed by atoms with Gasteiger partial charge < -0.3 is 28.8 Å². The molecule has 1 aliphatic heterocycles. The van der Waals surface area contributed by atoms with Crippen molar-refractivity contribution in [3.8, 4) is 5.75 Å². The normalized spacial score (nSPS) is 17.2. The highest BCUT2D eigenvalue weighted by Gasteiger charge is 2.47. The molecule has 0 radical (unpaired) electrons. The highest BCUT2D eigenvalue weighted by molar-refractivity contribution is 5.87. The van der Waals surface area contributed by atoms with Gasteiger partial charge in [0.1, 0.15) is 18.1 Å². The average Bonchev–Trinajstić information content (AvgIpc) is 3.81. The van der Waals surface area contributed by atoms with Crippen LogP contribution in [0.25, 0.3) is 11.0 Å². The Kier molecular flexibility index (Phi) is 8.03. The lowest BCUT2D eigenvalue weighted by Crippen LogP contribution is -2.43. The first-order chi connectivity index (χ1) is 20.9. The number of imidazole rings is 1. The highest BCUT2D eigenvalue weighted by atomic mass is 19.2. The highest BCUT2D eigenvalue weighted by Crippen LogP contribution is 2.42. The Morgan fingerprint density at radius 2 is 1.79 bits per heavy atom. The number of nitrogens with one attached hydrogen (secondary N) is 1. The van der Waals surface area contributed by atoms with E-state index in [1.807, 2.05) is 30.3 Å². The summed E-state index contributed by atoms with van der Waals surface area (Å²) in [5.74, 6) is -1.25. The number of halogens is 2. The van der Waals surface area contributed by atoms with Gasteiger partial charge in [-0.25, -0.2) is 13.8 Å². The molecule has 8 nitrogen and oxygen atoms in total. The van der Waals surface area contributed by atoms with Crippen LogP contribution in [0.2, 0.25) is 0 Å². The first-order valence-corrected chi connectivity index (χ1v) is 14.3. The van der Waals surface area contributed by atoms with Gasteiger partial charge in [0.25, 0.3) is 0 Å². The second-order valence-electron chi connectivity index (χ2n) is 10.8. The molecular formula is C33H33F2N3O5. The first-order valence-electron chi connectivity index (χ1n) is 14.3. The lowest BCUT2D eigenvalue weighted by atomic mass is 9.90. The zero-order valence-corrected chi connectivity index (χ0v) is 24.0. The van der Waals surface area contributed by atoms with Gasteiger partial charge in [0.2, 0.25) is 12.7 Å². The average molecular weight is 590 g/mol. The fourth-order valence-corrected chi connectivity index (χ4v) is 6.07. The molecule has 10 heteroatoms. The summed E-state index contributed by atoms with van der Waals surface area (Å²) in [6, 6.07) is 17.8. The Labute approximate surface area is 248 Å². The smallest absolute Gasteiger partial charge is 0.247 e. The third-order valence-electron chi connectivity index (χ3n) is 8.25. The Balaban J connectivity index is 1.62. The molecule has 1 fully saturated rings. The van der Waals surface area contributed by atoms with Crippen LogP contribution in [0.1, 0.15) is 48.7 Å². The van der Waals surface area contributed by atoms with Gasteiger partial charge >= 0.3 is 0 Å². The molecule has 43 heavy (non-hydrogen) atoms. The van der Waals surface area contributed by atoms with E-state index < -0.39 is 23.3 Å². The summed E-state index contributed by atoms with van der Waals surface area (Å²) >= 11 is 0. The summed E-state index contributed by atoms with van der Waals surface area (Å²) in [6.07, 6.45) is 5.47. The van der Waals surface area contributed by atoms with E-state index in [1.165, 1.54) is 13.4 Å². The zero-order valence-electron chi connectivity index (χ0n) is 24.0. The van der Waals surface area contributed by atoms with Crippen LogP contribution >= 0.6 is 0 Å². The number of hydrogen-bond acceptors (Lipinski definition) is 6. The fourth-order valence-electron chi connectivity index (χ4n) is 6.07. The lowest BCUT2D eigenvalue weighted by molar-refractivity contribution is -0.124. The number of fused-ring (bicyclic) bond motifs is 1. The maximum Gasteiger partial charge on any atom is 0.247 e. The van der Waals surface area contributed by atoms with Crippen molar-refractivity contribution in [2.75, 3.05) is 21.0 Å². The minimum Gasteiger partial charge on any atom is -0.497 e. The molecule has 2 atom stereocenters. The van der Waals surface area contributed by atoms with E-state index in [1.54, 1.807) is 35.9 Å². The summed E-state index contributed by atoms with van der Waals surface area (Å²) < 4.78 is 54.3. The molecule has 2 unspecified atom stereocenters. The number of nitrogens with zero attached hydrogens (tertiary/aromatic N) is 2. The van der Waals surface area contributed by atoms with Crippen molar-refractivity contribution in [2.45, 2.75) is 49.8 Å². The number of carbonyl (C=O) groups is 1. The third kappa shape index (κ3) is 5.43. The number of hydrogen-bond donors (Lipinski definition) is 1. The van der Waals surface area contributed by atoms with Crippen molar-refractivity contribution in [2.24, 2.45) is 0 Å². The van der Waals surface area contributed by atoms with Crippen LogP contribution in [0.4, 0.5) is 8.78 Å². The molecule has 0 spiro atoms. The molecule has 0 bridgehead atoms. The number of rotatable bonds is 10. The Morgan fingerprint density at radius 3 is 2.44 bits per heavy atom. The van der Waals surface area contributed by atoms with Crippen LogP contribution in [0.5, 0.6) is 5.75 Å². The number of amides is 1. The molecule has 1 N–H and O–H groups in total. The predicted molar refractivity (Wildman–Crippen MR) is 155 cm³/mol. The van der Waals surface area contributed by atoms with Gasteiger partial charge in [0, 0.05) is 31.7 Å². The molecule has 4 aromatic rings. The fraction of sp³-hybridized carbons (Fsp3) is 0.333. The summed E-state index contributed by atoms with van der Waals surface area (Å²) in [7, 11) is 3.07. The Bertz CT molecular complexity index is 1630. The van der Waals surface area contributed by atoms with E-state index in [-0.39, 0.29) is 42.0 Å². The molecule has 1 amide bonds. The van der Waals surface area contributed by atoms with E-state index in [0.29, 0.717) is 17.1 Å². The quantitative estimate of drug-likeness (QED) is 0.248. The first kappa shape index (κ1) is 28.7. The van der Waals surface area contributed by atoms with Gasteiger partial charge in [-0.2, -0.15) is 0 Å². The molecule has 2 heterocycles. The number of carbonyl (C=O) groups excluding carboxylic acids is 1. The second-order valence-corrected chi connectivity index (χ2v) is 10.8. The number of ether oxygens (including phenoxy) is 4. The van der Waals surface area contributed by atoms with Gasteiger partial charge in [-0.1, -0.05) is 55.3 Å². The summed E-state index contributed by atoms with van der Waals surface area (Å²) in [5, 5.41) is 3.20. The lowest BCUT2D eigenvalue weighted by Gasteiger charge is -2.34. The molecule has 1 aromatic heterocycles. The standard InChI is InChI=1S/C33H33F2N3O5/c1-40-24-14-12-22(13-15-24)30(31(39)36-23-10-6-7-11-23)38-28-17-26(35)25(34)16-27(28)37-32(38)33(41-2,29-19-42-20-43-29)18-21-8-4-3-5-9-21/h3-5,8-9,12-17,19,23,30H,6-7,10-11,18,20H2,1-2H3,(H,36,39). The molecular weight excluding hydrogens is 556 g/mol. The van der Waals surface area contributed by atoms with Gasteiger partial charge in [-0.3, -0.25) is 4.79 Å². The zero-order chi connectivity index (χ0) is 30.0. The monoisotopic (exact) mass is 589 g/mol. The van der Waals surface area contributed by atoms with E-state index in [0.717, 1.165) is 43.4 Å². The summed E-state index contributed by atoms with van der Waals surface area (Å²) in [6.45, 7) is -0.0389. The van der Waals surface area contributed by atoms with Crippen LogP contribution in [-0.2, 0) is 31.0 Å². The van der Waals surface area contributed by atoms with Crippen LogP contribution in [0.3, 0.4) is 0 Å². The van der Waals surface area contributed by atoms with Gasteiger partial charge in [0.05, 0.1) is 18.1 Å². The van der Waals surface area contributed by atoms with Crippen molar-refractivity contribution in [3.05, 3.63) is 107 Å². The van der Waals surface area contributed by atoms with Crippen molar-refractivity contribution in [3.63, 3.8) is 0 Å². The van der Waals surface area contributed by atoms with Gasteiger partial charge in [-0.05, 0) is 36.1 Å². The Hall–Kier alpha value is -4.44. The van der Waals surface area contributed by atoms with Crippen LogP contribution in [-0.4, -0.2) is 42.5 Å². The number of aromatic nitrogens is 2. The van der Waals surface area contributed by atoms with E-state index in [2.05, 4.69) is 5.32 Å². The molecule has 1 saturated carbocycles. The molecule has 0 saturated heterocycles. The van der Waals surface area contributed by atoms with E-state index in [9.17, 15) is 13.6 Å². The summed E-state index contributed by atoms with van der Waals surface area (Å²) in [5.41, 5.74) is 0.444. The topological polar surface area (TPSA) is 83.8 Å². The van der Waals surface area contributed by atoms with E-state index >= 15 is 0 Å². The van der Waals surface area contributed by atoms with Gasteiger partial charge in [0.15, 0.2) is 28.8 Å². The predicted octanol–water partition coefficient (Wildman–Crippen LogP) is 5.90. The molecule has 2 aliphatic rings. The van der Waals surface area contributed by atoms with Crippen molar-refractivity contribution in [1.29, 1.82) is 0 Å². The third-order valence-corrected chi connectivity index (χ3v) is 8.25. The molecule has 224 valence electrons. The van der Waals surface area contributed by atoms with E-state index in [4.69, 9.17) is 23.9 Å². The number of benzene rings is 3.